The van der Waals surface area contributed by atoms with E-state index in [0.29, 0.717) is 27.2 Å². The number of thiophene rings is 2. The first-order valence-electron chi connectivity index (χ1n) is 6.21. The number of rotatable bonds is 3. The highest BCUT2D eigenvalue weighted by Crippen LogP contribution is 2.27. The first kappa shape index (κ1) is 14.0. The molecule has 0 aliphatic heterocycles. The molecule has 0 atom stereocenters. The van der Waals surface area contributed by atoms with Crippen molar-refractivity contribution in [2.45, 2.75) is 13.5 Å². The molecule has 0 saturated heterocycles. The number of esters is 1. The Morgan fingerprint density at radius 1 is 1.48 bits per heavy atom. The highest BCUT2D eigenvalue weighted by atomic mass is 32.1. The fourth-order valence-corrected chi connectivity index (χ4v) is 3.89. The first-order valence-corrected chi connectivity index (χ1v) is 7.90. The number of methoxy groups -OCH3 is 1. The highest BCUT2D eigenvalue weighted by Gasteiger charge is 2.19. The van der Waals surface area contributed by atoms with Gasteiger partial charge in [0.1, 0.15) is 9.71 Å². The van der Waals surface area contributed by atoms with Crippen LogP contribution in [0.4, 0.5) is 0 Å². The van der Waals surface area contributed by atoms with Gasteiger partial charge in [0.2, 0.25) is 0 Å². The summed E-state index contributed by atoms with van der Waals surface area (Å²) in [5.41, 5.74) is 0.511. The summed E-state index contributed by atoms with van der Waals surface area (Å²) >= 11 is 2.78. The van der Waals surface area contributed by atoms with Crippen molar-refractivity contribution in [1.29, 1.82) is 0 Å². The largest absolute Gasteiger partial charge is 0.465 e. The number of carbonyl (C=O) groups is 1. The Labute approximate surface area is 128 Å². The van der Waals surface area contributed by atoms with Gasteiger partial charge in [0.25, 0.3) is 5.56 Å². The number of hydrogen-bond acceptors (Lipinski definition) is 6. The van der Waals surface area contributed by atoms with E-state index >= 15 is 0 Å². The monoisotopic (exact) mass is 320 g/mol. The molecule has 3 heterocycles. The number of aryl methyl sites for hydroxylation is 1. The molecule has 0 bridgehead atoms. The predicted molar refractivity (Wildman–Crippen MR) is 83.4 cm³/mol. The molecule has 0 aliphatic carbocycles. The zero-order valence-corrected chi connectivity index (χ0v) is 13.1. The molecule has 0 unspecified atom stereocenters. The van der Waals surface area contributed by atoms with Crippen LogP contribution in [0.3, 0.4) is 0 Å². The molecule has 3 aromatic rings. The summed E-state index contributed by atoms with van der Waals surface area (Å²) in [7, 11) is 1.33. The molecule has 0 N–H and O–H groups in total. The summed E-state index contributed by atoms with van der Waals surface area (Å²) in [6, 6.07) is 3.92. The number of carbonyl (C=O) groups excluding carboxylic acids is 1. The van der Waals surface area contributed by atoms with Crippen LogP contribution in [0.1, 0.15) is 20.1 Å². The molecule has 0 amide bonds. The molecule has 3 rings (SSSR count). The predicted octanol–water partition coefficient (Wildman–Crippen LogP) is 2.66. The van der Waals surface area contributed by atoms with Gasteiger partial charge < -0.3 is 4.74 Å². The standard InChI is InChI=1S/C14H12N2O3S2/c1-8-10-12(21-11(8)14(18)19-2)15-7-16(13(10)17)6-9-4-3-5-20-9/h3-5,7H,6H2,1-2H3. The molecular formula is C14H12N2O3S2. The lowest BCUT2D eigenvalue weighted by Crippen LogP contribution is -2.20. The molecule has 21 heavy (non-hydrogen) atoms. The van der Waals surface area contributed by atoms with Crippen LogP contribution in [0.25, 0.3) is 10.2 Å². The number of fused-ring (bicyclic) bond motifs is 1. The smallest absolute Gasteiger partial charge is 0.348 e. The maximum absolute atomic E-state index is 12.6. The average Bonchev–Trinajstić information content (AvgIpc) is 3.09. The van der Waals surface area contributed by atoms with E-state index in [0.717, 1.165) is 4.88 Å². The van der Waals surface area contributed by atoms with Crippen molar-refractivity contribution in [1.82, 2.24) is 9.55 Å². The van der Waals surface area contributed by atoms with Crippen LogP contribution in [0.15, 0.2) is 28.6 Å². The Bertz CT molecular complexity index is 862. The van der Waals surface area contributed by atoms with Crippen LogP contribution >= 0.6 is 22.7 Å². The van der Waals surface area contributed by atoms with E-state index < -0.39 is 5.97 Å². The van der Waals surface area contributed by atoms with E-state index in [4.69, 9.17) is 4.74 Å². The van der Waals surface area contributed by atoms with Crippen molar-refractivity contribution in [2.24, 2.45) is 0 Å². The van der Waals surface area contributed by atoms with E-state index in [9.17, 15) is 9.59 Å². The SMILES string of the molecule is COC(=O)c1sc2ncn(Cc3cccs3)c(=O)c2c1C. The summed E-state index contributed by atoms with van der Waals surface area (Å²) in [4.78, 5) is 30.7. The van der Waals surface area contributed by atoms with E-state index in [1.807, 2.05) is 17.5 Å². The summed E-state index contributed by atoms with van der Waals surface area (Å²) in [6.07, 6.45) is 1.53. The maximum Gasteiger partial charge on any atom is 0.348 e. The van der Waals surface area contributed by atoms with Crippen LogP contribution in [-0.4, -0.2) is 22.6 Å². The third-order valence-electron chi connectivity index (χ3n) is 3.19. The van der Waals surface area contributed by atoms with Crippen LogP contribution in [-0.2, 0) is 11.3 Å². The van der Waals surface area contributed by atoms with Crippen molar-refractivity contribution >= 4 is 38.9 Å². The van der Waals surface area contributed by atoms with Crippen LogP contribution in [0, 0.1) is 6.92 Å². The lowest BCUT2D eigenvalue weighted by atomic mass is 10.2. The zero-order valence-electron chi connectivity index (χ0n) is 11.5. The maximum atomic E-state index is 12.6. The van der Waals surface area contributed by atoms with E-state index in [2.05, 4.69) is 4.98 Å². The fourth-order valence-electron chi connectivity index (χ4n) is 2.13. The van der Waals surface area contributed by atoms with Crippen LogP contribution < -0.4 is 5.56 Å². The first-order chi connectivity index (χ1) is 10.1. The second-order valence-electron chi connectivity index (χ2n) is 4.48. The minimum atomic E-state index is -0.431. The van der Waals surface area contributed by atoms with Crippen LogP contribution in [0.5, 0.6) is 0 Å². The summed E-state index contributed by atoms with van der Waals surface area (Å²) in [5, 5.41) is 2.47. The second kappa shape index (κ2) is 5.42. The topological polar surface area (TPSA) is 61.2 Å². The minimum absolute atomic E-state index is 0.127. The molecule has 0 saturated carbocycles. The Balaban J connectivity index is 2.14. The molecule has 5 nitrogen and oxygen atoms in total. The van der Waals surface area contributed by atoms with Gasteiger partial charge >= 0.3 is 5.97 Å². The lowest BCUT2D eigenvalue weighted by molar-refractivity contribution is 0.0605. The van der Waals surface area contributed by atoms with Gasteiger partial charge in [-0.05, 0) is 23.9 Å². The third-order valence-corrected chi connectivity index (χ3v) is 5.24. The van der Waals surface area contributed by atoms with Gasteiger partial charge in [-0.3, -0.25) is 9.36 Å². The zero-order chi connectivity index (χ0) is 15.0. The van der Waals surface area contributed by atoms with Crippen molar-refractivity contribution < 1.29 is 9.53 Å². The Kier molecular flexibility index (Phi) is 3.60. The number of nitrogens with zero attached hydrogens (tertiary/aromatic N) is 2. The van der Waals surface area contributed by atoms with Gasteiger partial charge in [0, 0.05) is 4.88 Å². The molecular weight excluding hydrogens is 308 g/mol. The average molecular weight is 320 g/mol. The normalized spacial score (nSPS) is 11.0. The molecule has 0 aromatic carbocycles. The van der Waals surface area contributed by atoms with Gasteiger partial charge in [-0.15, -0.1) is 22.7 Å². The molecule has 0 radical (unpaired) electrons. The van der Waals surface area contributed by atoms with Crippen molar-refractivity contribution in [3.05, 3.63) is 49.5 Å². The number of aromatic nitrogens is 2. The number of ether oxygens (including phenoxy) is 1. The third kappa shape index (κ3) is 2.38. The van der Waals surface area contributed by atoms with Gasteiger partial charge in [-0.1, -0.05) is 6.07 Å². The van der Waals surface area contributed by atoms with E-state index in [1.165, 1.54) is 24.8 Å². The lowest BCUT2D eigenvalue weighted by Gasteiger charge is -2.03. The Hall–Kier alpha value is -1.99. The molecule has 0 spiro atoms. The Morgan fingerprint density at radius 2 is 2.29 bits per heavy atom. The Morgan fingerprint density at radius 3 is 2.95 bits per heavy atom. The second-order valence-corrected chi connectivity index (χ2v) is 6.52. The summed E-state index contributed by atoms with van der Waals surface area (Å²) in [5.74, 6) is -0.431. The number of hydrogen-bond donors (Lipinski definition) is 0. The van der Waals surface area contributed by atoms with Gasteiger partial charge in [-0.2, -0.15) is 0 Å². The molecule has 0 fully saturated rings. The summed E-state index contributed by atoms with van der Waals surface area (Å²) in [6.45, 7) is 2.24. The van der Waals surface area contributed by atoms with Gasteiger partial charge in [-0.25, -0.2) is 9.78 Å². The van der Waals surface area contributed by atoms with E-state index in [-0.39, 0.29) is 5.56 Å². The van der Waals surface area contributed by atoms with Crippen molar-refractivity contribution in [3.63, 3.8) is 0 Å². The molecule has 3 aromatic heterocycles. The summed E-state index contributed by atoms with van der Waals surface area (Å²) < 4.78 is 6.30. The van der Waals surface area contributed by atoms with Crippen molar-refractivity contribution in [3.8, 4) is 0 Å². The van der Waals surface area contributed by atoms with Crippen molar-refractivity contribution in [2.75, 3.05) is 7.11 Å². The molecule has 7 heteroatoms. The quantitative estimate of drug-likeness (QED) is 0.696. The highest BCUT2D eigenvalue weighted by molar-refractivity contribution is 7.20. The van der Waals surface area contributed by atoms with E-state index in [1.54, 1.807) is 22.8 Å². The molecule has 108 valence electrons. The molecule has 0 aliphatic rings. The van der Waals surface area contributed by atoms with Gasteiger partial charge in [0.05, 0.1) is 25.4 Å². The van der Waals surface area contributed by atoms with Gasteiger partial charge in [0.15, 0.2) is 0 Å². The fraction of sp³-hybridized carbons (Fsp3) is 0.214. The van der Waals surface area contributed by atoms with Crippen LogP contribution in [0.2, 0.25) is 0 Å². The minimum Gasteiger partial charge on any atom is -0.465 e.